The summed E-state index contributed by atoms with van der Waals surface area (Å²) < 4.78 is 0. The molecular formula is C13H24N2O2. The van der Waals surface area contributed by atoms with Gasteiger partial charge in [-0.1, -0.05) is 13.0 Å². The highest BCUT2D eigenvalue weighted by Gasteiger charge is 2.08. The summed E-state index contributed by atoms with van der Waals surface area (Å²) in [5, 5.41) is 2.71. The molecule has 0 aromatic rings. The highest BCUT2D eigenvalue weighted by Crippen LogP contribution is 2.03. The van der Waals surface area contributed by atoms with E-state index in [0.29, 0.717) is 13.0 Å². The molecule has 2 amide bonds. The number of carbonyl (C=O) groups excluding carboxylic acids is 2. The van der Waals surface area contributed by atoms with Crippen molar-refractivity contribution in [2.24, 2.45) is 0 Å². The summed E-state index contributed by atoms with van der Waals surface area (Å²) in [6.07, 6.45) is 4.63. The molecule has 0 aromatic carbocycles. The lowest BCUT2D eigenvalue weighted by Crippen LogP contribution is -2.30. The minimum Gasteiger partial charge on any atom is -0.353 e. The average molecular weight is 240 g/mol. The van der Waals surface area contributed by atoms with E-state index in [1.165, 1.54) is 6.08 Å². The molecule has 0 aliphatic rings. The van der Waals surface area contributed by atoms with E-state index in [4.69, 9.17) is 0 Å². The molecule has 98 valence electrons. The van der Waals surface area contributed by atoms with Gasteiger partial charge in [0, 0.05) is 26.1 Å². The van der Waals surface area contributed by atoms with E-state index in [1.807, 2.05) is 18.7 Å². The first-order chi connectivity index (χ1) is 8.15. The van der Waals surface area contributed by atoms with Crippen molar-refractivity contribution in [1.29, 1.82) is 0 Å². The fourth-order valence-corrected chi connectivity index (χ4v) is 1.60. The Kier molecular flexibility index (Phi) is 9.11. The number of nitrogens with one attached hydrogen (secondary N) is 1. The highest BCUT2D eigenvalue weighted by molar-refractivity contribution is 5.86. The number of nitrogens with zero attached hydrogens (tertiary/aromatic N) is 1. The first kappa shape index (κ1) is 15.7. The van der Waals surface area contributed by atoms with Crippen molar-refractivity contribution >= 4 is 11.8 Å². The number of hydrogen-bond donors (Lipinski definition) is 1. The van der Waals surface area contributed by atoms with Crippen molar-refractivity contribution < 1.29 is 9.59 Å². The van der Waals surface area contributed by atoms with Crippen LogP contribution >= 0.6 is 0 Å². The molecule has 0 bridgehead atoms. The largest absolute Gasteiger partial charge is 0.353 e. The van der Waals surface area contributed by atoms with E-state index in [0.717, 1.165) is 32.4 Å². The molecule has 1 N–H and O–H groups in total. The lowest BCUT2D eigenvalue weighted by atomic mass is 10.2. The van der Waals surface area contributed by atoms with Gasteiger partial charge in [0.05, 0.1) is 0 Å². The molecule has 0 heterocycles. The molecule has 4 nitrogen and oxygen atoms in total. The first-order valence-corrected chi connectivity index (χ1v) is 6.33. The minimum absolute atomic E-state index is 0.135. The zero-order valence-electron chi connectivity index (χ0n) is 11.0. The molecule has 0 saturated carbocycles. The van der Waals surface area contributed by atoms with Gasteiger partial charge in [-0.05, 0) is 32.8 Å². The van der Waals surface area contributed by atoms with Crippen LogP contribution in [0.2, 0.25) is 0 Å². The molecular weight excluding hydrogens is 216 g/mol. The van der Waals surface area contributed by atoms with Gasteiger partial charge in [0.2, 0.25) is 11.8 Å². The van der Waals surface area contributed by atoms with Crippen LogP contribution in [0.1, 0.15) is 39.5 Å². The predicted octanol–water partition coefficient (Wildman–Crippen LogP) is 1.72. The fraction of sp³-hybridized carbons (Fsp3) is 0.692. The van der Waals surface area contributed by atoms with Crippen LogP contribution in [0.25, 0.3) is 0 Å². The standard InChI is InChI=1S/C13H24N2O2/c1-4-12(16)14-11-9-7-8-10-13(17)15(5-2)6-3/h4H,1,5-11H2,2-3H3,(H,14,16). The van der Waals surface area contributed by atoms with Crippen LogP contribution in [0.4, 0.5) is 0 Å². The maximum absolute atomic E-state index is 11.6. The smallest absolute Gasteiger partial charge is 0.243 e. The van der Waals surface area contributed by atoms with Crippen molar-refractivity contribution in [3.63, 3.8) is 0 Å². The van der Waals surface area contributed by atoms with Crippen LogP contribution in [0.15, 0.2) is 12.7 Å². The third kappa shape index (κ3) is 7.55. The third-order valence-electron chi connectivity index (χ3n) is 2.67. The Bertz CT molecular complexity index is 248. The molecule has 0 atom stereocenters. The van der Waals surface area contributed by atoms with Crippen LogP contribution in [-0.4, -0.2) is 36.3 Å². The molecule has 4 heteroatoms. The summed E-state index contributed by atoms with van der Waals surface area (Å²) >= 11 is 0. The van der Waals surface area contributed by atoms with Gasteiger partial charge in [-0.25, -0.2) is 0 Å². The van der Waals surface area contributed by atoms with Crippen LogP contribution in [0.3, 0.4) is 0 Å². The van der Waals surface area contributed by atoms with Crippen LogP contribution < -0.4 is 5.32 Å². The zero-order chi connectivity index (χ0) is 13.1. The predicted molar refractivity (Wildman–Crippen MR) is 69.6 cm³/mol. The summed E-state index contributed by atoms with van der Waals surface area (Å²) in [6, 6.07) is 0. The molecule has 0 fully saturated rings. The maximum Gasteiger partial charge on any atom is 0.243 e. The van der Waals surface area contributed by atoms with Gasteiger partial charge in [0.25, 0.3) is 0 Å². The van der Waals surface area contributed by atoms with Crippen molar-refractivity contribution in [3.8, 4) is 0 Å². The lowest BCUT2D eigenvalue weighted by Gasteiger charge is -2.18. The summed E-state index contributed by atoms with van der Waals surface area (Å²) in [5.74, 6) is 0.0920. The van der Waals surface area contributed by atoms with Gasteiger partial charge in [-0.15, -0.1) is 0 Å². The van der Waals surface area contributed by atoms with E-state index < -0.39 is 0 Å². The highest BCUT2D eigenvalue weighted by atomic mass is 16.2. The SMILES string of the molecule is C=CC(=O)NCCCCCC(=O)N(CC)CC. The molecule has 0 spiro atoms. The van der Waals surface area contributed by atoms with E-state index >= 15 is 0 Å². The van der Waals surface area contributed by atoms with Crippen molar-refractivity contribution in [2.45, 2.75) is 39.5 Å². The Balaban J connectivity index is 3.48. The molecule has 0 aliphatic heterocycles. The Labute approximate surface area is 104 Å². The van der Waals surface area contributed by atoms with Crippen molar-refractivity contribution in [3.05, 3.63) is 12.7 Å². The summed E-state index contributed by atoms with van der Waals surface area (Å²) in [6.45, 7) is 9.58. The topological polar surface area (TPSA) is 49.4 Å². The Morgan fingerprint density at radius 1 is 1.18 bits per heavy atom. The summed E-state index contributed by atoms with van der Waals surface area (Å²) in [4.78, 5) is 24.3. The molecule has 0 aromatic heterocycles. The van der Waals surface area contributed by atoms with E-state index in [9.17, 15) is 9.59 Å². The molecule has 0 rings (SSSR count). The van der Waals surface area contributed by atoms with Crippen molar-refractivity contribution in [2.75, 3.05) is 19.6 Å². The zero-order valence-corrected chi connectivity index (χ0v) is 11.0. The van der Waals surface area contributed by atoms with Gasteiger partial charge in [0.15, 0.2) is 0 Å². The lowest BCUT2D eigenvalue weighted by molar-refractivity contribution is -0.131. The van der Waals surface area contributed by atoms with Crippen LogP contribution in [-0.2, 0) is 9.59 Å². The number of carbonyl (C=O) groups is 2. The quantitative estimate of drug-likeness (QED) is 0.493. The Hall–Kier alpha value is -1.32. The van der Waals surface area contributed by atoms with E-state index in [2.05, 4.69) is 11.9 Å². The van der Waals surface area contributed by atoms with Gasteiger partial charge >= 0.3 is 0 Å². The van der Waals surface area contributed by atoms with E-state index in [1.54, 1.807) is 0 Å². The van der Waals surface area contributed by atoms with Gasteiger partial charge < -0.3 is 10.2 Å². The number of unbranched alkanes of at least 4 members (excludes halogenated alkanes) is 2. The van der Waals surface area contributed by atoms with E-state index in [-0.39, 0.29) is 11.8 Å². The second-order valence-corrected chi connectivity index (χ2v) is 3.87. The maximum atomic E-state index is 11.6. The van der Waals surface area contributed by atoms with Gasteiger partial charge in [-0.3, -0.25) is 9.59 Å². The number of amides is 2. The number of hydrogen-bond acceptors (Lipinski definition) is 2. The molecule has 0 aliphatic carbocycles. The van der Waals surface area contributed by atoms with Crippen LogP contribution in [0, 0.1) is 0 Å². The molecule has 0 radical (unpaired) electrons. The Morgan fingerprint density at radius 3 is 2.35 bits per heavy atom. The van der Waals surface area contributed by atoms with Gasteiger partial charge in [-0.2, -0.15) is 0 Å². The Morgan fingerprint density at radius 2 is 1.82 bits per heavy atom. The average Bonchev–Trinajstić information content (AvgIpc) is 2.34. The van der Waals surface area contributed by atoms with Crippen LogP contribution in [0.5, 0.6) is 0 Å². The summed E-state index contributed by atoms with van der Waals surface area (Å²) in [7, 11) is 0. The second kappa shape index (κ2) is 9.87. The minimum atomic E-state index is -0.135. The molecule has 0 saturated heterocycles. The van der Waals surface area contributed by atoms with Crippen molar-refractivity contribution in [1.82, 2.24) is 10.2 Å². The fourth-order valence-electron chi connectivity index (χ4n) is 1.60. The summed E-state index contributed by atoms with van der Waals surface area (Å²) in [5.41, 5.74) is 0. The normalized spacial score (nSPS) is 9.76. The first-order valence-electron chi connectivity index (χ1n) is 6.33. The monoisotopic (exact) mass is 240 g/mol. The third-order valence-corrected chi connectivity index (χ3v) is 2.67. The molecule has 0 unspecified atom stereocenters. The second-order valence-electron chi connectivity index (χ2n) is 3.87. The van der Waals surface area contributed by atoms with Gasteiger partial charge in [0.1, 0.15) is 0 Å². The molecule has 17 heavy (non-hydrogen) atoms. The number of rotatable bonds is 9.